The highest BCUT2D eigenvalue weighted by molar-refractivity contribution is 6.36. The van der Waals surface area contributed by atoms with Gasteiger partial charge in [-0.15, -0.1) is 5.10 Å². The van der Waals surface area contributed by atoms with Crippen LogP contribution in [-0.2, 0) is 13.1 Å². The quantitative estimate of drug-likeness (QED) is 0.861. The molecule has 2 aromatic rings. The number of halogens is 2. The summed E-state index contributed by atoms with van der Waals surface area (Å²) in [6, 6.07) is 5.28. The van der Waals surface area contributed by atoms with Crippen LogP contribution in [0.25, 0.3) is 0 Å². The van der Waals surface area contributed by atoms with Crippen LogP contribution in [0.2, 0.25) is 10.0 Å². The van der Waals surface area contributed by atoms with Crippen molar-refractivity contribution in [3.05, 3.63) is 40.1 Å². The Morgan fingerprint density at radius 1 is 1.32 bits per heavy atom. The summed E-state index contributed by atoms with van der Waals surface area (Å²) < 4.78 is 1.71. The van der Waals surface area contributed by atoms with Gasteiger partial charge in [0.25, 0.3) is 0 Å². The lowest BCUT2D eigenvalue weighted by molar-refractivity contribution is 0.276. The third-order valence-corrected chi connectivity index (χ3v) is 3.07. The minimum atomic E-state index is 0.147. The predicted molar refractivity (Wildman–Crippen MR) is 75.5 cm³/mol. The molecule has 0 radical (unpaired) electrons. The van der Waals surface area contributed by atoms with Gasteiger partial charge in [0, 0.05) is 18.2 Å². The average molecular weight is 301 g/mol. The maximum atomic E-state index is 8.74. The molecule has 1 aromatic heterocycles. The number of hydrogen-bond donors (Lipinski definition) is 2. The number of anilines is 1. The lowest BCUT2D eigenvalue weighted by Gasteiger charge is -2.06. The van der Waals surface area contributed by atoms with Crippen LogP contribution in [0.5, 0.6) is 0 Å². The molecular formula is C12H14Cl2N4O. The first-order valence-corrected chi connectivity index (χ1v) is 6.63. The third-order valence-electron chi connectivity index (χ3n) is 2.52. The van der Waals surface area contributed by atoms with E-state index in [0.717, 1.165) is 11.4 Å². The molecule has 1 aromatic carbocycles. The van der Waals surface area contributed by atoms with E-state index < -0.39 is 0 Å². The maximum Gasteiger partial charge on any atom is 0.102 e. The monoisotopic (exact) mass is 300 g/mol. The summed E-state index contributed by atoms with van der Waals surface area (Å²) in [5.41, 5.74) is 1.61. The Hall–Kier alpha value is -1.30. The second-order valence-corrected chi connectivity index (χ2v) is 4.87. The van der Waals surface area contributed by atoms with E-state index in [2.05, 4.69) is 15.6 Å². The van der Waals surface area contributed by atoms with Crippen molar-refractivity contribution in [3.63, 3.8) is 0 Å². The molecule has 0 aliphatic heterocycles. The largest absolute Gasteiger partial charge is 0.396 e. The summed E-state index contributed by atoms with van der Waals surface area (Å²) in [6.45, 7) is 1.33. The zero-order valence-corrected chi connectivity index (χ0v) is 11.7. The Morgan fingerprint density at radius 3 is 2.89 bits per heavy atom. The number of hydrogen-bond acceptors (Lipinski definition) is 4. The zero-order valence-electron chi connectivity index (χ0n) is 10.2. The fraction of sp³-hybridized carbons (Fsp3) is 0.333. The topological polar surface area (TPSA) is 63.0 Å². The van der Waals surface area contributed by atoms with E-state index in [9.17, 15) is 0 Å². The molecule has 0 bridgehead atoms. The number of aromatic nitrogens is 3. The van der Waals surface area contributed by atoms with Crippen LogP contribution in [0, 0.1) is 0 Å². The molecule has 0 aliphatic carbocycles. The van der Waals surface area contributed by atoms with Crippen molar-refractivity contribution in [2.45, 2.75) is 19.5 Å². The van der Waals surface area contributed by atoms with Gasteiger partial charge < -0.3 is 10.4 Å². The highest BCUT2D eigenvalue weighted by Crippen LogP contribution is 2.25. The number of nitrogens with one attached hydrogen (secondary N) is 1. The lowest BCUT2D eigenvalue weighted by Crippen LogP contribution is -2.01. The Labute approximate surface area is 121 Å². The first-order chi connectivity index (χ1) is 9.19. The van der Waals surface area contributed by atoms with Crippen LogP contribution in [-0.4, -0.2) is 26.7 Å². The Kier molecular flexibility index (Phi) is 5.01. The van der Waals surface area contributed by atoms with Crippen molar-refractivity contribution >= 4 is 28.9 Å². The van der Waals surface area contributed by atoms with Crippen molar-refractivity contribution < 1.29 is 5.11 Å². The molecule has 0 aliphatic rings. The summed E-state index contributed by atoms with van der Waals surface area (Å²) >= 11 is 11.9. The van der Waals surface area contributed by atoms with Gasteiger partial charge in [-0.05, 0) is 24.6 Å². The van der Waals surface area contributed by atoms with Crippen LogP contribution >= 0.6 is 23.2 Å². The summed E-state index contributed by atoms with van der Waals surface area (Å²) in [5, 5.41) is 21.1. The molecule has 0 saturated heterocycles. The van der Waals surface area contributed by atoms with Crippen LogP contribution < -0.4 is 5.32 Å². The Balaban J connectivity index is 1.92. The van der Waals surface area contributed by atoms with Crippen molar-refractivity contribution in [1.29, 1.82) is 0 Å². The van der Waals surface area contributed by atoms with Crippen LogP contribution in [0.15, 0.2) is 24.4 Å². The van der Waals surface area contributed by atoms with Crippen LogP contribution in [0.1, 0.15) is 12.1 Å². The zero-order chi connectivity index (χ0) is 13.7. The molecule has 19 heavy (non-hydrogen) atoms. The van der Waals surface area contributed by atoms with Crippen molar-refractivity contribution in [1.82, 2.24) is 15.0 Å². The van der Waals surface area contributed by atoms with Gasteiger partial charge in [0.1, 0.15) is 5.69 Å². The van der Waals surface area contributed by atoms with Crippen molar-refractivity contribution in [2.24, 2.45) is 0 Å². The van der Waals surface area contributed by atoms with E-state index >= 15 is 0 Å². The fourth-order valence-electron chi connectivity index (χ4n) is 1.58. The molecule has 1 heterocycles. The first kappa shape index (κ1) is 14.1. The van der Waals surface area contributed by atoms with Gasteiger partial charge >= 0.3 is 0 Å². The standard InChI is InChI=1S/C12H14Cl2N4O/c13-9-2-3-12(11(14)6-9)15-7-10-8-18(17-16-10)4-1-5-19/h2-3,6,8,15,19H,1,4-5,7H2. The fourth-order valence-corrected chi connectivity index (χ4v) is 2.06. The Bertz CT molecular complexity index is 544. The first-order valence-electron chi connectivity index (χ1n) is 5.88. The highest BCUT2D eigenvalue weighted by atomic mass is 35.5. The second-order valence-electron chi connectivity index (χ2n) is 4.03. The molecule has 102 valence electrons. The summed E-state index contributed by atoms with van der Waals surface area (Å²) in [7, 11) is 0. The molecule has 0 amide bonds. The molecule has 5 nitrogen and oxygen atoms in total. The minimum Gasteiger partial charge on any atom is -0.396 e. The van der Waals surface area contributed by atoms with Crippen LogP contribution in [0.4, 0.5) is 5.69 Å². The number of nitrogens with zero attached hydrogens (tertiary/aromatic N) is 3. The van der Waals surface area contributed by atoms with Gasteiger partial charge in [0.2, 0.25) is 0 Å². The number of aliphatic hydroxyl groups is 1. The van der Waals surface area contributed by atoms with E-state index in [0.29, 0.717) is 29.6 Å². The molecule has 0 spiro atoms. The smallest absolute Gasteiger partial charge is 0.102 e. The summed E-state index contributed by atoms with van der Waals surface area (Å²) in [5.74, 6) is 0. The molecule has 0 fully saturated rings. The minimum absolute atomic E-state index is 0.147. The van der Waals surface area contributed by atoms with E-state index in [4.69, 9.17) is 28.3 Å². The highest BCUT2D eigenvalue weighted by Gasteiger charge is 2.03. The number of aliphatic hydroxyl groups excluding tert-OH is 1. The normalized spacial score (nSPS) is 10.7. The lowest BCUT2D eigenvalue weighted by atomic mass is 10.3. The maximum absolute atomic E-state index is 8.74. The van der Waals surface area contributed by atoms with Gasteiger partial charge in [-0.3, -0.25) is 4.68 Å². The van der Waals surface area contributed by atoms with Gasteiger partial charge in [0.05, 0.1) is 23.5 Å². The van der Waals surface area contributed by atoms with E-state index in [-0.39, 0.29) is 6.61 Å². The molecule has 0 unspecified atom stereocenters. The molecule has 2 rings (SSSR count). The molecular weight excluding hydrogens is 287 g/mol. The van der Waals surface area contributed by atoms with E-state index in [1.54, 1.807) is 16.8 Å². The average Bonchev–Trinajstić information content (AvgIpc) is 2.83. The number of aryl methyl sites for hydroxylation is 1. The van der Waals surface area contributed by atoms with Gasteiger partial charge in [-0.1, -0.05) is 28.4 Å². The number of benzene rings is 1. The summed E-state index contributed by atoms with van der Waals surface area (Å²) in [4.78, 5) is 0. The number of rotatable bonds is 6. The second kappa shape index (κ2) is 6.75. The third kappa shape index (κ3) is 4.09. The van der Waals surface area contributed by atoms with Gasteiger partial charge in [0.15, 0.2) is 0 Å². The van der Waals surface area contributed by atoms with Crippen molar-refractivity contribution in [2.75, 3.05) is 11.9 Å². The van der Waals surface area contributed by atoms with E-state index in [1.807, 2.05) is 12.3 Å². The molecule has 0 atom stereocenters. The predicted octanol–water partition coefficient (Wildman–Crippen LogP) is 2.58. The molecule has 0 saturated carbocycles. The van der Waals surface area contributed by atoms with Crippen LogP contribution in [0.3, 0.4) is 0 Å². The SMILES string of the molecule is OCCCn1cc(CNc2ccc(Cl)cc2Cl)nn1. The van der Waals surface area contributed by atoms with Crippen molar-refractivity contribution in [3.8, 4) is 0 Å². The summed E-state index contributed by atoms with van der Waals surface area (Å²) in [6.07, 6.45) is 2.51. The van der Waals surface area contributed by atoms with Gasteiger partial charge in [-0.2, -0.15) is 0 Å². The Morgan fingerprint density at radius 2 is 2.16 bits per heavy atom. The molecule has 7 heteroatoms. The molecule has 2 N–H and O–H groups in total. The van der Waals surface area contributed by atoms with E-state index in [1.165, 1.54) is 0 Å². The van der Waals surface area contributed by atoms with Gasteiger partial charge in [-0.25, -0.2) is 0 Å².